The summed E-state index contributed by atoms with van der Waals surface area (Å²) < 4.78 is 0. The zero-order valence-corrected chi connectivity index (χ0v) is 14.9. The summed E-state index contributed by atoms with van der Waals surface area (Å²) in [6.07, 6.45) is 0. The topological polar surface area (TPSA) is 73.2 Å². The molecule has 0 atom stereocenters. The lowest BCUT2D eigenvalue weighted by molar-refractivity contribution is -0.114. The number of hydrogen-bond acceptors (Lipinski definition) is 4. The van der Waals surface area contributed by atoms with Gasteiger partial charge in [-0.15, -0.1) is 0 Å². The summed E-state index contributed by atoms with van der Waals surface area (Å²) in [4.78, 5) is 25.9. The van der Waals surface area contributed by atoms with Gasteiger partial charge in [0.1, 0.15) is 0 Å². The predicted octanol–water partition coefficient (Wildman–Crippen LogP) is 3.45. The molecule has 1 amide bonds. The summed E-state index contributed by atoms with van der Waals surface area (Å²) in [5.41, 5.74) is 4.30. The number of nitriles is 1. The van der Waals surface area contributed by atoms with Crippen molar-refractivity contribution in [3.05, 3.63) is 58.7 Å². The van der Waals surface area contributed by atoms with Crippen LogP contribution in [0.4, 0.5) is 11.4 Å². The average molecular weight is 335 g/mol. The van der Waals surface area contributed by atoms with E-state index in [-0.39, 0.29) is 18.2 Å². The van der Waals surface area contributed by atoms with Crippen molar-refractivity contribution in [2.24, 2.45) is 0 Å². The molecule has 0 spiro atoms. The summed E-state index contributed by atoms with van der Waals surface area (Å²) in [7, 11) is 1.73. The molecule has 0 radical (unpaired) electrons. The van der Waals surface area contributed by atoms with Gasteiger partial charge in [-0.3, -0.25) is 9.59 Å². The lowest BCUT2D eigenvalue weighted by Gasteiger charge is -2.22. The van der Waals surface area contributed by atoms with Crippen LogP contribution in [0.25, 0.3) is 0 Å². The Bertz CT molecular complexity index is 845. The minimum absolute atomic E-state index is 0.0724. The Kier molecular flexibility index (Phi) is 5.56. The third-order valence-corrected chi connectivity index (χ3v) is 4.04. The Hall–Kier alpha value is -3.13. The van der Waals surface area contributed by atoms with Crippen molar-refractivity contribution in [2.75, 3.05) is 23.8 Å². The van der Waals surface area contributed by atoms with Crippen LogP contribution in [-0.4, -0.2) is 25.3 Å². The van der Waals surface area contributed by atoms with Crippen LogP contribution in [0.15, 0.2) is 36.4 Å². The van der Waals surface area contributed by atoms with Crippen molar-refractivity contribution in [2.45, 2.75) is 20.8 Å². The molecule has 25 heavy (non-hydrogen) atoms. The van der Waals surface area contributed by atoms with Crippen LogP contribution in [0, 0.1) is 25.2 Å². The fourth-order valence-electron chi connectivity index (χ4n) is 2.71. The second kappa shape index (κ2) is 7.63. The van der Waals surface area contributed by atoms with E-state index in [0.29, 0.717) is 16.8 Å². The number of rotatable bonds is 5. The molecular formula is C20H21N3O2. The first-order chi connectivity index (χ1) is 11.8. The monoisotopic (exact) mass is 335 g/mol. The number of anilines is 2. The highest BCUT2D eigenvalue weighted by atomic mass is 16.2. The fraction of sp³-hybridized carbons (Fsp3) is 0.250. The number of ketones is 1. The highest BCUT2D eigenvalue weighted by Gasteiger charge is 2.16. The first-order valence-electron chi connectivity index (χ1n) is 7.95. The van der Waals surface area contributed by atoms with Crippen LogP contribution in [0.1, 0.15) is 34.0 Å². The lowest BCUT2D eigenvalue weighted by atomic mass is 10.1. The number of aryl methyl sites for hydroxylation is 2. The second-order valence-corrected chi connectivity index (χ2v) is 6.07. The number of likely N-dealkylation sites (N-methyl/N-ethyl adjacent to an activating group) is 1. The molecule has 1 N–H and O–H groups in total. The zero-order valence-electron chi connectivity index (χ0n) is 14.9. The first kappa shape index (κ1) is 18.2. The minimum Gasteiger partial charge on any atom is -0.365 e. The van der Waals surface area contributed by atoms with E-state index in [1.807, 2.05) is 32.0 Å². The van der Waals surface area contributed by atoms with Gasteiger partial charge in [-0.1, -0.05) is 18.2 Å². The maximum absolute atomic E-state index is 12.4. The van der Waals surface area contributed by atoms with Crippen molar-refractivity contribution in [3.63, 3.8) is 0 Å². The van der Waals surface area contributed by atoms with Crippen LogP contribution >= 0.6 is 0 Å². The molecule has 2 rings (SSSR count). The molecule has 0 aliphatic rings. The highest BCUT2D eigenvalue weighted by Crippen LogP contribution is 2.23. The molecule has 0 aliphatic carbocycles. The third kappa shape index (κ3) is 4.24. The Morgan fingerprint density at radius 1 is 1.16 bits per heavy atom. The van der Waals surface area contributed by atoms with E-state index in [4.69, 9.17) is 5.26 Å². The number of nitrogens with zero attached hydrogens (tertiary/aromatic N) is 2. The maximum Gasteiger partial charge on any atom is 0.243 e. The van der Waals surface area contributed by atoms with E-state index in [0.717, 1.165) is 16.8 Å². The van der Waals surface area contributed by atoms with Crippen LogP contribution in [0.5, 0.6) is 0 Å². The van der Waals surface area contributed by atoms with Crippen molar-refractivity contribution in [1.82, 2.24) is 0 Å². The van der Waals surface area contributed by atoms with Gasteiger partial charge in [0.2, 0.25) is 5.91 Å². The lowest BCUT2D eigenvalue weighted by Crippen LogP contribution is -2.31. The highest BCUT2D eigenvalue weighted by molar-refractivity contribution is 6.01. The van der Waals surface area contributed by atoms with Crippen LogP contribution < -0.4 is 10.2 Å². The zero-order chi connectivity index (χ0) is 18.6. The van der Waals surface area contributed by atoms with Gasteiger partial charge in [-0.25, -0.2) is 0 Å². The van der Waals surface area contributed by atoms with Crippen LogP contribution in [-0.2, 0) is 4.79 Å². The third-order valence-electron chi connectivity index (χ3n) is 4.04. The number of benzene rings is 2. The Balaban J connectivity index is 2.22. The summed E-state index contributed by atoms with van der Waals surface area (Å²) >= 11 is 0. The summed E-state index contributed by atoms with van der Waals surface area (Å²) in [5.74, 6) is -0.293. The minimum atomic E-state index is -0.184. The van der Waals surface area contributed by atoms with E-state index in [2.05, 4.69) is 11.4 Å². The van der Waals surface area contributed by atoms with Gasteiger partial charge in [0.15, 0.2) is 5.78 Å². The van der Waals surface area contributed by atoms with Gasteiger partial charge >= 0.3 is 0 Å². The Morgan fingerprint density at radius 3 is 2.36 bits per heavy atom. The molecule has 0 aromatic heterocycles. The number of para-hydroxylation sites is 1. The van der Waals surface area contributed by atoms with Gasteiger partial charge in [0, 0.05) is 24.0 Å². The number of carbonyl (C=O) groups excluding carboxylic acids is 2. The van der Waals surface area contributed by atoms with Gasteiger partial charge in [-0.05, 0) is 50.1 Å². The normalized spacial score (nSPS) is 10.0. The number of hydrogen-bond donors (Lipinski definition) is 1. The standard InChI is InChI=1S/C20H21N3O2/c1-13-6-5-7-14(2)20(13)22-19(25)12-23(4)18-10-16(11-21)8-9-17(18)15(3)24/h5-10H,12H2,1-4H3,(H,22,25). The van der Waals surface area contributed by atoms with E-state index >= 15 is 0 Å². The summed E-state index contributed by atoms with van der Waals surface area (Å²) in [6.45, 7) is 5.42. The SMILES string of the molecule is CC(=O)c1ccc(C#N)cc1N(C)CC(=O)Nc1c(C)cccc1C. The van der Waals surface area contributed by atoms with Crippen molar-refractivity contribution < 1.29 is 9.59 Å². The smallest absolute Gasteiger partial charge is 0.243 e. The molecule has 5 heteroatoms. The molecule has 0 fully saturated rings. The molecule has 5 nitrogen and oxygen atoms in total. The molecule has 0 heterocycles. The molecule has 128 valence electrons. The van der Waals surface area contributed by atoms with Crippen LogP contribution in [0.3, 0.4) is 0 Å². The molecule has 0 saturated carbocycles. The van der Waals surface area contributed by atoms with E-state index < -0.39 is 0 Å². The molecule has 0 saturated heterocycles. The van der Waals surface area contributed by atoms with Crippen molar-refractivity contribution in [3.8, 4) is 6.07 Å². The quantitative estimate of drug-likeness (QED) is 0.849. The van der Waals surface area contributed by atoms with Gasteiger partial charge in [-0.2, -0.15) is 5.26 Å². The van der Waals surface area contributed by atoms with E-state index in [1.165, 1.54) is 6.92 Å². The summed E-state index contributed by atoms with van der Waals surface area (Å²) in [6, 6.07) is 12.7. The largest absolute Gasteiger partial charge is 0.365 e. The van der Waals surface area contributed by atoms with Crippen molar-refractivity contribution in [1.29, 1.82) is 5.26 Å². The molecule has 0 bridgehead atoms. The number of amides is 1. The molecule has 0 aliphatic heterocycles. The van der Waals surface area contributed by atoms with Gasteiger partial charge < -0.3 is 10.2 Å². The Labute approximate surface area is 147 Å². The Morgan fingerprint density at radius 2 is 1.80 bits per heavy atom. The molecular weight excluding hydrogens is 314 g/mol. The van der Waals surface area contributed by atoms with E-state index in [9.17, 15) is 9.59 Å². The van der Waals surface area contributed by atoms with Gasteiger partial charge in [0.05, 0.1) is 18.2 Å². The predicted molar refractivity (Wildman–Crippen MR) is 99.0 cm³/mol. The van der Waals surface area contributed by atoms with Gasteiger partial charge in [0.25, 0.3) is 0 Å². The maximum atomic E-state index is 12.4. The number of Topliss-reactive ketones (excluding diaryl/α,β-unsaturated/α-hetero) is 1. The number of carbonyl (C=O) groups is 2. The molecule has 0 unspecified atom stereocenters. The molecule has 2 aromatic rings. The van der Waals surface area contributed by atoms with E-state index in [1.54, 1.807) is 30.1 Å². The van der Waals surface area contributed by atoms with Crippen molar-refractivity contribution >= 4 is 23.1 Å². The molecule has 2 aromatic carbocycles. The average Bonchev–Trinajstić information content (AvgIpc) is 2.57. The summed E-state index contributed by atoms with van der Waals surface area (Å²) in [5, 5.41) is 12.0. The second-order valence-electron chi connectivity index (χ2n) is 6.07. The fourth-order valence-corrected chi connectivity index (χ4v) is 2.71. The van der Waals surface area contributed by atoms with Crippen LogP contribution in [0.2, 0.25) is 0 Å². The number of nitrogens with one attached hydrogen (secondary N) is 1. The first-order valence-corrected chi connectivity index (χ1v) is 7.95.